The summed E-state index contributed by atoms with van der Waals surface area (Å²) < 4.78 is 0. The number of thioether (sulfide) groups is 1. The van der Waals surface area contributed by atoms with Crippen LogP contribution in [0.3, 0.4) is 0 Å². The molecule has 1 rings (SSSR count). The van der Waals surface area contributed by atoms with Gasteiger partial charge in [-0.1, -0.05) is 24.4 Å². The summed E-state index contributed by atoms with van der Waals surface area (Å²) in [7, 11) is 0. The van der Waals surface area contributed by atoms with Gasteiger partial charge in [-0.2, -0.15) is 0 Å². The van der Waals surface area contributed by atoms with Crippen molar-refractivity contribution in [2.75, 3.05) is 0 Å². The van der Waals surface area contributed by atoms with Gasteiger partial charge in [-0.3, -0.25) is 4.98 Å². The average molecular weight is 191 g/mol. The zero-order chi connectivity index (χ0) is 9.68. The molecule has 0 radical (unpaired) electrons. The van der Waals surface area contributed by atoms with Gasteiger partial charge in [-0.05, 0) is 30.9 Å². The molecule has 0 fully saturated rings. The highest BCUT2D eigenvalue weighted by atomic mass is 32.2. The van der Waals surface area contributed by atoms with E-state index in [1.165, 1.54) is 5.56 Å². The van der Waals surface area contributed by atoms with E-state index in [1.807, 2.05) is 37.7 Å². The van der Waals surface area contributed by atoms with Gasteiger partial charge in [-0.25, -0.2) is 0 Å². The maximum absolute atomic E-state index is 4.12. The van der Waals surface area contributed by atoms with Gasteiger partial charge in [-0.15, -0.1) is 0 Å². The minimum absolute atomic E-state index is 1.04. The lowest BCUT2D eigenvalue weighted by Crippen LogP contribution is -1.82. The van der Waals surface area contributed by atoms with Gasteiger partial charge >= 0.3 is 0 Å². The van der Waals surface area contributed by atoms with Crippen LogP contribution in [0.4, 0.5) is 0 Å². The molecule has 13 heavy (non-hydrogen) atoms. The number of aryl methyl sites for hydroxylation is 1. The molecule has 0 bridgehead atoms. The fourth-order valence-electron chi connectivity index (χ4n) is 0.926. The molecule has 1 aromatic heterocycles. The molecule has 0 spiro atoms. The second-order valence-electron chi connectivity index (χ2n) is 2.76. The molecule has 1 nitrogen and oxygen atoms in total. The number of rotatable bonds is 3. The first-order valence-corrected chi connectivity index (χ1v) is 5.00. The second-order valence-corrected chi connectivity index (χ2v) is 3.76. The molecule has 0 unspecified atom stereocenters. The van der Waals surface area contributed by atoms with Crippen molar-refractivity contribution in [1.82, 2.24) is 4.98 Å². The third-order valence-corrected chi connectivity index (χ3v) is 2.47. The fraction of sp³-hybridized carbons (Fsp3) is 0.182. The fourth-order valence-corrected chi connectivity index (χ4v) is 1.47. The monoisotopic (exact) mass is 191 g/mol. The first-order valence-electron chi connectivity index (χ1n) is 4.13. The van der Waals surface area contributed by atoms with Crippen molar-refractivity contribution in [3.05, 3.63) is 47.6 Å². The van der Waals surface area contributed by atoms with Crippen LogP contribution in [0.15, 0.2) is 36.5 Å². The Balaban J connectivity index is 2.77. The highest BCUT2D eigenvalue weighted by Crippen LogP contribution is 2.25. The summed E-state index contributed by atoms with van der Waals surface area (Å²) in [5.41, 5.74) is 2.27. The largest absolute Gasteiger partial charge is 0.264 e. The predicted octanol–water partition coefficient (Wildman–Crippen LogP) is 3.63. The lowest BCUT2D eigenvalue weighted by Gasteiger charge is -2.01. The zero-order valence-corrected chi connectivity index (χ0v) is 8.77. The summed E-state index contributed by atoms with van der Waals surface area (Å²) in [5, 5.41) is 2.02. The molecule has 2 heteroatoms. The normalized spacial score (nSPS) is 10.6. The number of allylic oxidation sites excluding steroid dienone is 1. The Kier molecular flexibility index (Phi) is 3.77. The highest BCUT2D eigenvalue weighted by molar-refractivity contribution is 8.10. The molecular formula is C11H13NS. The van der Waals surface area contributed by atoms with Crippen molar-refractivity contribution in [3.8, 4) is 0 Å². The first-order chi connectivity index (χ1) is 6.24. The Morgan fingerprint density at radius 3 is 2.92 bits per heavy atom. The lowest BCUT2D eigenvalue weighted by atomic mass is 10.2. The molecule has 1 aromatic rings. The van der Waals surface area contributed by atoms with Gasteiger partial charge in [0.05, 0.1) is 0 Å². The van der Waals surface area contributed by atoms with Gasteiger partial charge in [0.25, 0.3) is 0 Å². The molecule has 0 aromatic carbocycles. The van der Waals surface area contributed by atoms with Crippen molar-refractivity contribution < 1.29 is 0 Å². The number of aromatic nitrogens is 1. The van der Waals surface area contributed by atoms with Gasteiger partial charge < -0.3 is 0 Å². The molecule has 0 N–H and O–H groups in total. The van der Waals surface area contributed by atoms with Gasteiger partial charge in [0, 0.05) is 22.9 Å². The molecular weight excluding hydrogens is 178 g/mol. The van der Waals surface area contributed by atoms with Crippen LogP contribution < -0.4 is 0 Å². The van der Waals surface area contributed by atoms with Crippen LogP contribution in [0.1, 0.15) is 18.1 Å². The summed E-state index contributed by atoms with van der Waals surface area (Å²) in [6.45, 7) is 8.00. The maximum atomic E-state index is 4.12. The van der Waals surface area contributed by atoms with E-state index < -0.39 is 0 Å². The number of hydrogen-bond donors (Lipinski definition) is 0. The van der Waals surface area contributed by atoms with Crippen LogP contribution in [0, 0.1) is 6.92 Å². The minimum atomic E-state index is 1.04. The van der Waals surface area contributed by atoms with Crippen LogP contribution in [-0.4, -0.2) is 4.98 Å². The smallest absolute Gasteiger partial charge is 0.0351 e. The van der Waals surface area contributed by atoms with E-state index >= 15 is 0 Å². The SMILES string of the molecule is C=C(S/C=C\C)c1cncc(C)c1. The number of nitrogens with zero attached hydrogens (tertiary/aromatic N) is 1. The zero-order valence-electron chi connectivity index (χ0n) is 7.95. The molecule has 1 heterocycles. The number of hydrogen-bond acceptors (Lipinski definition) is 2. The van der Waals surface area contributed by atoms with E-state index in [0.29, 0.717) is 0 Å². The van der Waals surface area contributed by atoms with Gasteiger partial charge in [0.1, 0.15) is 0 Å². The molecule has 0 aliphatic heterocycles. The molecule has 0 saturated heterocycles. The van der Waals surface area contributed by atoms with E-state index in [2.05, 4.69) is 17.6 Å². The van der Waals surface area contributed by atoms with E-state index in [9.17, 15) is 0 Å². The molecule has 68 valence electrons. The maximum Gasteiger partial charge on any atom is 0.0351 e. The molecule has 0 aliphatic rings. The predicted molar refractivity (Wildman–Crippen MR) is 60.4 cm³/mol. The summed E-state index contributed by atoms with van der Waals surface area (Å²) in [4.78, 5) is 5.15. The molecule has 0 saturated carbocycles. The quantitative estimate of drug-likeness (QED) is 0.723. The topological polar surface area (TPSA) is 12.9 Å². The standard InChI is InChI=1S/C11H13NS/c1-4-5-13-10(3)11-6-9(2)7-12-8-11/h4-8H,3H2,1-2H3/b5-4-. The van der Waals surface area contributed by atoms with E-state index in [0.717, 1.165) is 10.5 Å². The Labute approximate surface area is 83.6 Å². The third kappa shape index (κ3) is 3.07. The summed E-state index contributed by atoms with van der Waals surface area (Å²) in [6.07, 6.45) is 5.68. The molecule has 0 atom stereocenters. The second kappa shape index (κ2) is 4.87. The Morgan fingerprint density at radius 2 is 2.31 bits per heavy atom. The third-order valence-electron chi connectivity index (χ3n) is 1.54. The van der Waals surface area contributed by atoms with Crippen LogP contribution in [-0.2, 0) is 0 Å². The average Bonchev–Trinajstić information content (AvgIpc) is 2.14. The van der Waals surface area contributed by atoms with E-state index in [4.69, 9.17) is 0 Å². The van der Waals surface area contributed by atoms with E-state index in [-0.39, 0.29) is 0 Å². The summed E-state index contributed by atoms with van der Waals surface area (Å²) in [5.74, 6) is 0. The number of pyridine rings is 1. The summed E-state index contributed by atoms with van der Waals surface area (Å²) in [6, 6.07) is 2.09. The molecule has 0 aliphatic carbocycles. The van der Waals surface area contributed by atoms with Crippen LogP contribution in [0.2, 0.25) is 0 Å². The van der Waals surface area contributed by atoms with Gasteiger partial charge in [0.2, 0.25) is 0 Å². The van der Waals surface area contributed by atoms with Crippen molar-refractivity contribution in [3.63, 3.8) is 0 Å². The first kappa shape index (κ1) is 10.1. The van der Waals surface area contributed by atoms with Crippen molar-refractivity contribution in [2.24, 2.45) is 0 Å². The van der Waals surface area contributed by atoms with Crippen LogP contribution in [0.25, 0.3) is 4.91 Å². The van der Waals surface area contributed by atoms with E-state index in [1.54, 1.807) is 11.8 Å². The Morgan fingerprint density at radius 1 is 1.54 bits per heavy atom. The lowest BCUT2D eigenvalue weighted by molar-refractivity contribution is 1.26. The highest BCUT2D eigenvalue weighted by Gasteiger charge is 1.97. The Bertz CT molecular complexity index is 329. The van der Waals surface area contributed by atoms with Gasteiger partial charge in [0.15, 0.2) is 0 Å². The molecule has 0 amide bonds. The Hall–Kier alpha value is -1.02. The van der Waals surface area contributed by atoms with Crippen LogP contribution in [0.5, 0.6) is 0 Å². The summed E-state index contributed by atoms with van der Waals surface area (Å²) >= 11 is 1.62. The van der Waals surface area contributed by atoms with Crippen molar-refractivity contribution in [1.29, 1.82) is 0 Å². The minimum Gasteiger partial charge on any atom is -0.264 e. The van der Waals surface area contributed by atoms with Crippen molar-refractivity contribution >= 4 is 16.7 Å². The van der Waals surface area contributed by atoms with Crippen molar-refractivity contribution in [2.45, 2.75) is 13.8 Å². The van der Waals surface area contributed by atoms with Crippen LogP contribution >= 0.6 is 11.8 Å².